The molecule has 8 heteroatoms. The van der Waals surface area contributed by atoms with Crippen molar-refractivity contribution in [2.75, 3.05) is 24.6 Å². The number of aromatic nitrogens is 3. The van der Waals surface area contributed by atoms with Crippen LogP contribution in [0, 0.1) is 13.8 Å². The summed E-state index contributed by atoms with van der Waals surface area (Å²) >= 11 is 0. The Labute approximate surface area is 183 Å². The van der Waals surface area contributed by atoms with Gasteiger partial charge in [0.25, 0.3) is 5.91 Å². The summed E-state index contributed by atoms with van der Waals surface area (Å²) in [5.41, 5.74) is 4.57. The molecule has 1 fully saturated rings. The number of hydrogen-bond acceptors (Lipinski definition) is 5. The fraction of sp³-hybridized carbons (Fsp3) is 0.435. The third-order valence-electron chi connectivity index (χ3n) is 6.02. The highest BCUT2D eigenvalue weighted by molar-refractivity contribution is 7.91. The Hall–Kier alpha value is -2.74. The third-order valence-corrected chi connectivity index (χ3v) is 7.77. The second-order valence-electron chi connectivity index (χ2n) is 8.18. The Kier molecular flexibility index (Phi) is 5.60. The molecule has 3 heterocycles. The Morgan fingerprint density at radius 1 is 1.16 bits per heavy atom. The van der Waals surface area contributed by atoms with E-state index in [2.05, 4.69) is 5.10 Å². The maximum atomic E-state index is 13.4. The minimum Gasteiger partial charge on any atom is -0.339 e. The molecule has 31 heavy (non-hydrogen) atoms. The molecular weight excluding hydrogens is 412 g/mol. The van der Waals surface area contributed by atoms with Crippen molar-refractivity contribution in [3.05, 3.63) is 47.2 Å². The first-order chi connectivity index (χ1) is 14.7. The van der Waals surface area contributed by atoms with Gasteiger partial charge in [-0.05, 0) is 40.2 Å². The van der Waals surface area contributed by atoms with E-state index in [1.807, 2.05) is 58.0 Å². The van der Waals surface area contributed by atoms with Crippen LogP contribution in [0.2, 0.25) is 0 Å². The normalized spacial score (nSPS) is 17.9. The van der Waals surface area contributed by atoms with Crippen LogP contribution in [-0.2, 0) is 9.84 Å². The Morgan fingerprint density at radius 3 is 2.42 bits per heavy atom. The van der Waals surface area contributed by atoms with Crippen LogP contribution in [0.3, 0.4) is 0 Å². The molecule has 1 aliphatic rings. The lowest BCUT2D eigenvalue weighted by Gasteiger charge is -2.20. The molecular formula is C23H28N4O3S. The third kappa shape index (κ3) is 3.96. The molecule has 1 aliphatic heterocycles. The van der Waals surface area contributed by atoms with Gasteiger partial charge in [0.05, 0.1) is 39.9 Å². The van der Waals surface area contributed by atoms with Crippen LogP contribution in [0.15, 0.2) is 30.3 Å². The van der Waals surface area contributed by atoms with Crippen molar-refractivity contribution in [3.8, 4) is 11.3 Å². The highest BCUT2D eigenvalue weighted by Gasteiger charge is 2.32. The molecule has 1 saturated heterocycles. The number of aryl methyl sites for hydroxylation is 2. The van der Waals surface area contributed by atoms with E-state index >= 15 is 0 Å². The first-order valence-electron chi connectivity index (χ1n) is 10.7. The summed E-state index contributed by atoms with van der Waals surface area (Å²) in [7, 11) is -3.08. The number of fused-ring (bicyclic) bond motifs is 1. The molecule has 2 aromatic heterocycles. The number of carbonyl (C=O) groups excluding carboxylic acids is 1. The molecule has 1 aromatic carbocycles. The van der Waals surface area contributed by atoms with Gasteiger partial charge in [-0.1, -0.05) is 29.8 Å². The quantitative estimate of drug-likeness (QED) is 0.606. The van der Waals surface area contributed by atoms with Crippen molar-refractivity contribution in [2.24, 2.45) is 0 Å². The van der Waals surface area contributed by atoms with Gasteiger partial charge in [-0.15, -0.1) is 0 Å². The minimum absolute atomic E-state index is 0.0545. The van der Waals surface area contributed by atoms with Gasteiger partial charge in [-0.2, -0.15) is 5.10 Å². The van der Waals surface area contributed by atoms with E-state index in [0.717, 1.165) is 11.1 Å². The zero-order chi connectivity index (χ0) is 22.3. The summed E-state index contributed by atoms with van der Waals surface area (Å²) in [4.78, 5) is 20.1. The largest absolute Gasteiger partial charge is 0.339 e. The highest BCUT2D eigenvalue weighted by Crippen LogP contribution is 2.32. The van der Waals surface area contributed by atoms with E-state index in [9.17, 15) is 13.2 Å². The molecule has 3 aromatic rings. The van der Waals surface area contributed by atoms with Crippen molar-refractivity contribution >= 4 is 26.8 Å². The van der Waals surface area contributed by atoms with Gasteiger partial charge in [0.15, 0.2) is 15.5 Å². The van der Waals surface area contributed by atoms with Crippen molar-refractivity contribution in [3.63, 3.8) is 0 Å². The second kappa shape index (κ2) is 8.07. The SMILES string of the molecule is CCN(CC)C(=O)c1cc(-c2ccc(C)cc2)nc2c1c(C)nn2C1CCS(=O)(=O)C1. The van der Waals surface area contributed by atoms with E-state index in [0.29, 0.717) is 47.5 Å². The predicted octanol–water partition coefficient (Wildman–Crippen LogP) is 3.56. The molecule has 0 saturated carbocycles. The molecule has 0 N–H and O–H groups in total. The van der Waals surface area contributed by atoms with Gasteiger partial charge >= 0.3 is 0 Å². The Balaban J connectivity index is 1.96. The summed E-state index contributed by atoms with van der Waals surface area (Å²) in [6, 6.07) is 9.58. The molecule has 164 valence electrons. The van der Waals surface area contributed by atoms with Gasteiger partial charge in [-0.3, -0.25) is 4.79 Å². The standard InChI is InChI=1S/C23H28N4O3S/c1-5-26(6-2)23(28)19-13-20(17-9-7-15(3)8-10-17)24-22-21(19)16(4)25-27(22)18-11-12-31(29,30)14-18/h7-10,13,18H,5-6,11-12,14H2,1-4H3. The average Bonchev–Trinajstić information content (AvgIpc) is 3.27. The maximum Gasteiger partial charge on any atom is 0.254 e. The number of rotatable bonds is 5. The molecule has 0 bridgehead atoms. The van der Waals surface area contributed by atoms with E-state index in [1.165, 1.54) is 0 Å². The van der Waals surface area contributed by atoms with Gasteiger partial charge in [0.2, 0.25) is 0 Å². The molecule has 7 nitrogen and oxygen atoms in total. The Bertz CT molecular complexity index is 1240. The lowest BCUT2D eigenvalue weighted by molar-refractivity contribution is 0.0775. The van der Waals surface area contributed by atoms with Gasteiger partial charge in [-0.25, -0.2) is 18.1 Å². The maximum absolute atomic E-state index is 13.4. The van der Waals surface area contributed by atoms with Gasteiger partial charge in [0, 0.05) is 18.7 Å². The minimum atomic E-state index is -3.08. The molecule has 1 unspecified atom stereocenters. The van der Waals surface area contributed by atoms with Crippen LogP contribution < -0.4 is 0 Å². The van der Waals surface area contributed by atoms with Crippen molar-refractivity contribution in [1.82, 2.24) is 19.7 Å². The first-order valence-corrected chi connectivity index (χ1v) is 12.5. The van der Waals surface area contributed by atoms with Crippen molar-refractivity contribution in [1.29, 1.82) is 0 Å². The topological polar surface area (TPSA) is 85.2 Å². The number of sulfone groups is 1. The van der Waals surface area contributed by atoms with Crippen LogP contribution in [0.25, 0.3) is 22.3 Å². The average molecular weight is 441 g/mol. The highest BCUT2D eigenvalue weighted by atomic mass is 32.2. The lowest BCUT2D eigenvalue weighted by Crippen LogP contribution is -2.30. The van der Waals surface area contributed by atoms with Crippen LogP contribution in [0.4, 0.5) is 0 Å². The smallest absolute Gasteiger partial charge is 0.254 e. The van der Waals surface area contributed by atoms with Crippen molar-refractivity contribution in [2.45, 2.75) is 40.2 Å². The predicted molar refractivity (Wildman–Crippen MR) is 122 cm³/mol. The summed E-state index contributed by atoms with van der Waals surface area (Å²) in [6.45, 7) is 9.00. The zero-order valence-electron chi connectivity index (χ0n) is 18.4. The number of carbonyl (C=O) groups is 1. The van der Waals surface area contributed by atoms with Gasteiger partial charge < -0.3 is 4.90 Å². The Morgan fingerprint density at radius 2 is 1.84 bits per heavy atom. The zero-order valence-corrected chi connectivity index (χ0v) is 19.2. The van der Waals surface area contributed by atoms with Gasteiger partial charge in [0.1, 0.15) is 0 Å². The molecule has 0 aliphatic carbocycles. The molecule has 0 radical (unpaired) electrons. The number of benzene rings is 1. The second-order valence-corrected chi connectivity index (χ2v) is 10.4. The van der Waals surface area contributed by atoms with Crippen LogP contribution in [-0.4, -0.2) is 58.6 Å². The number of pyridine rings is 1. The monoisotopic (exact) mass is 440 g/mol. The van der Waals surface area contributed by atoms with E-state index in [1.54, 1.807) is 9.58 Å². The molecule has 1 atom stereocenters. The van der Waals surface area contributed by atoms with Crippen LogP contribution in [0.5, 0.6) is 0 Å². The van der Waals surface area contributed by atoms with Crippen LogP contribution >= 0.6 is 0 Å². The fourth-order valence-electron chi connectivity index (χ4n) is 4.26. The number of hydrogen-bond donors (Lipinski definition) is 0. The lowest BCUT2D eigenvalue weighted by atomic mass is 10.0. The first kappa shape index (κ1) is 21.5. The van der Waals surface area contributed by atoms with E-state index in [-0.39, 0.29) is 23.5 Å². The number of nitrogens with zero attached hydrogens (tertiary/aromatic N) is 4. The summed E-state index contributed by atoms with van der Waals surface area (Å²) < 4.78 is 25.9. The van der Waals surface area contributed by atoms with E-state index in [4.69, 9.17) is 4.98 Å². The van der Waals surface area contributed by atoms with Crippen LogP contribution in [0.1, 0.15) is 47.9 Å². The molecule has 4 rings (SSSR count). The summed E-state index contributed by atoms with van der Waals surface area (Å²) in [5.74, 6) is 0.146. The molecule has 0 spiro atoms. The number of amides is 1. The van der Waals surface area contributed by atoms with Crippen molar-refractivity contribution < 1.29 is 13.2 Å². The summed E-state index contributed by atoms with van der Waals surface area (Å²) in [6.07, 6.45) is 0.508. The fourth-order valence-corrected chi connectivity index (χ4v) is 5.95. The molecule has 1 amide bonds. The summed E-state index contributed by atoms with van der Waals surface area (Å²) in [5, 5.41) is 5.36. The van der Waals surface area contributed by atoms with E-state index < -0.39 is 9.84 Å².